The fraction of sp³-hybridized carbons (Fsp3) is 0.200. The molecule has 0 unspecified atom stereocenters. The second-order valence-electron chi connectivity index (χ2n) is 4.81. The Balaban J connectivity index is 2.27. The van der Waals surface area contributed by atoms with Gasteiger partial charge in [-0.3, -0.25) is 10.1 Å². The van der Waals surface area contributed by atoms with Gasteiger partial charge in [0.05, 0.1) is 11.0 Å². The van der Waals surface area contributed by atoms with Crippen LogP contribution in [0.2, 0.25) is 0 Å². The third-order valence-corrected chi connectivity index (χ3v) is 3.27. The van der Waals surface area contributed by atoms with Crippen LogP contribution >= 0.6 is 0 Å². The van der Waals surface area contributed by atoms with Crippen molar-refractivity contribution in [2.24, 2.45) is 0 Å². The summed E-state index contributed by atoms with van der Waals surface area (Å²) in [6, 6.07) is 7.00. The Labute approximate surface area is 120 Å². The third-order valence-electron chi connectivity index (χ3n) is 3.27. The molecule has 0 heterocycles. The normalized spacial score (nSPS) is 10.5. The molecule has 1 N–H and O–H groups in total. The molecule has 4 nitrogen and oxygen atoms in total. The summed E-state index contributed by atoms with van der Waals surface area (Å²) >= 11 is 0. The lowest BCUT2D eigenvalue weighted by Crippen LogP contribution is -2.06. The SMILES string of the molecule is Cc1ccc(CNc2c(F)cc(F)cc2[N+](=O)[O-])cc1C. The molecule has 0 radical (unpaired) electrons. The van der Waals surface area contributed by atoms with Gasteiger partial charge in [0.25, 0.3) is 5.69 Å². The minimum atomic E-state index is -0.981. The lowest BCUT2D eigenvalue weighted by atomic mass is 10.1. The number of nitrogens with zero attached hydrogens (tertiary/aromatic N) is 1. The quantitative estimate of drug-likeness (QED) is 0.681. The number of hydrogen-bond donors (Lipinski definition) is 1. The van der Waals surface area contributed by atoms with Crippen LogP contribution in [-0.4, -0.2) is 4.92 Å². The number of nitrogens with one attached hydrogen (secondary N) is 1. The number of hydrogen-bond acceptors (Lipinski definition) is 3. The summed E-state index contributed by atoms with van der Waals surface area (Å²) in [5, 5.41) is 13.5. The van der Waals surface area contributed by atoms with Gasteiger partial charge in [0, 0.05) is 12.6 Å². The number of nitro benzene ring substituents is 1. The van der Waals surface area contributed by atoms with Crippen LogP contribution in [0.5, 0.6) is 0 Å². The first kappa shape index (κ1) is 14.9. The summed E-state index contributed by atoms with van der Waals surface area (Å²) in [6.45, 7) is 4.13. The van der Waals surface area contributed by atoms with Gasteiger partial charge in [-0.25, -0.2) is 8.78 Å². The van der Waals surface area contributed by atoms with Crippen LogP contribution in [0.1, 0.15) is 16.7 Å². The monoisotopic (exact) mass is 292 g/mol. The van der Waals surface area contributed by atoms with Crippen LogP contribution in [-0.2, 0) is 6.54 Å². The summed E-state index contributed by atoms with van der Waals surface area (Å²) in [5.41, 5.74) is 2.13. The number of aryl methyl sites for hydroxylation is 2. The van der Waals surface area contributed by atoms with Gasteiger partial charge < -0.3 is 5.32 Å². The zero-order chi connectivity index (χ0) is 15.6. The van der Waals surface area contributed by atoms with Crippen LogP contribution in [0.3, 0.4) is 0 Å². The van der Waals surface area contributed by atoms with Crippen molar-refractivity contribution in [3.63, 3.8) is 0 Å². The summed E-state index contributed by atoms with van der Waals surface area (Å²) < 4.78 is 26.8. The van der Waals surface area contributed by atoms with E-state index in [0.29, 0.717) is 12.1 Å². The van der Waals surface area contributed by atoms with Crippen molar-refractivity contribution in [2.75, 3.05) is 5.32 Å². The largest absolute Gasteiger partial charge is 0.373 e. The molecule has 0 bridgehead atoms. The average molecular weight is 292 g/mol. The van der Waals surface area contributed by atoms with Crippen molar-refractivity contribution in [3.05, 3.63) is 68.8 Å². The van der Waals surface area contributed by atoms with E-state index >= 15 is 0 Å². The van der Waals surface area contributed by atoms with Gasteiger partial charge in [0.1, 0.15) is 11.5 Å². The van der Waals surface area contributed by atoms with Crippen LogP contribution in [0.15, 0.2) is 30.3 Å². The zero-order valence-electron chi connectivity index (χ0n) is 11.6. The van der Waals surface area contributed by atoms with Crippen LogP contribution in [0.4, 0.5) is 20.2 Å². The molecule has 0 aliphatic rings. The molecule has 0 atom stereocenters. The molecule has 0 saturated carbocycles. The van der Waals surface area contributed by atoms with Gasteiger partial charge in [-0.05, 0) is 30.5 Å². The molecule has 0 fully saturated rings. The van der Waals surface area contributed by atoms with Gasteiger partial charge in [0.15, 0.2) is 5.82 Å². The Morgan fingerprint density at radius 3 is 2.48 bits per heavy atom. The molecule has 0 aliphatic heterocycles. The summed E-state index contributed by atoms with van der Waals surface area (Å²) in [7, 11) is 0. The fourth-order valence-electron chi connectivity index (χ4n) is 1.98. The topological polar surface area (TPSA) is 55.2 Å². The van der Waals surface area contributed by atoms with E-state index in [1.54, 1.807) is 0 Å². The molecular formula is C15H14F2N2O2. The lowest BCUT2D eigenvalue weighted by molar-refractivity contribution is -0.384. The van der Waals surface area contributed by atoms with Crippen molar-refractivity contribution in [1.29, 1.82) is 0 Å². The highest BCUT2D eigenvalue weighted by Gasteiger charge is 2.20. The number of anilines is 1. The Kier molecular flexibility index (Phi) is 4.16. The third kappa shape index (κ3) is 3.34. The Bertz CT molecular complexity index is 702. The van der Waals surface area contributed by atoms with Crippen LogP contribution < -0.4 is 5.32 Å². The highest BCUT2D eigenvalue weighted by atomic mass is 19.1. The number of rotatable bonds is 4. The number of benzene rings is 2. The van der Waals surface area contributed by atoms with E-state index in [2.05, 4.69) is 5.32 Å². The molecular weight excluding hydrogens is 278 g/mol. The first-order valence-corrected chi connectivity index (χ1v) is 6.32. The zero-order valence-corrected chi connectivity index (χ0v) is 11.6. The number of halogens is 2. The highest BCUT2D eigenvalue weighted by Crippen LogP contribution is 2.29. The molecule has 2 aromatic carbocycles. The van der Waals surface area contributed by atoms with E-state index in [0.717, 1.165) is 16.7 Å². The lowest BCUT2D eigenvalue weighted by Gasteiger charge is -2.10. The maximum Gasteiger partial charge on any atom is 0.298 e. The smallest absolute Gasteiger partial charge is 0.298 e. The Morgan fingerprint density at radius 2 is 1.86 bits per heavy atom. The van der Waals surface area contributed by atoms with Crippen molar-refractivity contribution in [3.8, 4) is 0 Å². The predicted octanol–water partition coefficient (Wildman–Crippen LogP) is 4.10. The molecule has 0 saturated heterocycles. The van der Waals surface area contributed by atoms with Crippen molar-refractivity contribution >= 4 is 11.4 Å². The first-order chi connectivity index (χ1) is 9.88. The molecule has 6 heteroatoms. The van der Waals surface area contributed by atoms with Crippen molar-refractivity contribution in [2.45, 2.75) is 20.4 Å². The van der Waals surface area contributed by atoms with E-state index in [9.17, 15) is 18.9 Å². The molecule has 110 valence electrons. The highest BCUT2D eigenvalue weighted by molar-refractivity contribution is 5.62. The fourth-order valence-corrected chi connectivity index (χ4v) is 1.98. The first-order valence-electron chi connectivity index (χ1n) is 6.32. The van der Waals surface area contributed by atoms with E-state index < -0.39 is 22.2 Å². The summed E-state index contributed by atoms with van der Waals surface area (Å²) in [5.74, 6) is -1.96. The van der Waals surface area contributed by atoms with Crippen molar-refractivity contribution < 1.29 is 13.7 Å². The molecule has 21 heavy (non-hydrogen) atoms. The van der Waals surface area contributed by atoms with E-state index in [1.165, 1.54) is 0 Å². The van der Waals surface area contributed by atoms with Gasteiger partial charge >= 0.3 is 0 Å². The molecule has 2 rings (SSSR count). The maximum atomic E-state index is 13.7. The van der Waals surface area contributed by atoms with Crippen molar-refractivity contribution in [1.82, 2.24) is 0 Å². The molecule has 0 aromatic heterocycles. The molecule has 0 amide bonds. The number of nitro groups is 1. The average Bonchev–Trinajstić information content (AvgIpc) is 2.40. The van der Waals surface area contributed by atoms with E-state index in [-0.39, 0.29) is 12.2 Å². The molecule has 2 aromatic rings. The second kappa shape index (κ2) is 5.87. The predicted molar refractivity (Wildman–Crippen MR) is 76.3 cm³/mol. The molecule has 0 spiro atoms. The van der Waals surface area contributed by atoms with Gasteiger partial charge in [-0.1, -0.05) is 18.2 Å². The maximum absolute atomic E-state index is 13.7. The minimum Gasteiger partial charge on any atom is -0.373 e. The molecule has 0 aliphatic carbocycles. The van der Waals surface area contributed by atoms with Gasteiger partial charge in [0.2, 0.25) is 0 Å². The van der Waals surface area contributed by atoms with Gasteiger partial charge in [-0.15, -0.1) is 0 Å². The Hall–Kier alpha value is -2.50. The standard InChI is InChI=1S/C15H14F2N2O2/c1-9-3-4-11(5-10(9)2)8-18-15-13(17)6-12(16)7-14(15)19(20)21/h3-7,18H,8H2,1-2H3. The van der Waals surface area contributed by atoms with Crippen LogP contribution in [0, 0.1) is 35.6 Å². The van der Waals surface area contributed by atoms with Gasteiger partial charge in [-0.2, -0.15) is 0 Å². The minimum absolute atomic E-state index is 0.213. The van der Waals surface area contributed by atoms with E-state index in [4.69, 9.17) is 0 Å². The Morgan fingerprint density at radius 1 is 1.14 bits per heavy atom. The summed E-state index contributed by atoms with van der Waals surface area (Å²) in [4.78, 5) is 10.1. The second-order valence-corrected chi connectivity index (χ2v) is 4.81. The van der Waals surface area contributed by atoms with Crippen LogP contribution in [0.25, 0.3) is 0 Å². The van der Waals surface area contributed by atoms with E-state index in [1.807, 2.05) is 32.0 Å². The summed E-state index contributed by atoms with van der Waals surface area (Å²) in [6.07, 6.45) is 0.